The van der Waals surface area contributed by atoms with Crippen molar-refractivity contribution in [1.82, 2.24) is 15.6 Å². The number of hydrogen-bond donors (Lipinski definition) is 2. The Bertz CT molecular complexity index is 446. The minimum Gasteiger partial charge on any atom is -0.380 e. The molecule has 0 fully saturated rings. The van der Waals surface area contributed by atoms with Crippen LogP contribution in [-0.4, -0.2) is 44.3 Å². The first-order chi connectivity index (χ1) is 11.1. The summed E-state index contributed by atoms with van der Waals surface area (Å²) in [5.41, 5.74) is 1.13. The van der Waals surface area contributed by atoms with Gasteiger partial charge in [0.05, 0.1) is 11.6 Å². The van der Waals surface area contributed by atoms with E-state index in [0.29, 0.717) is 5.92 Å². The van der Waals surface area contributed by atoms with Crippen LogP contribution < -0.4 is 10.6 Å². The molecule has 0 saturated carbocycles. The summed E-state index contributed by atoms with van der Waals surface area (Å²) in [5, 5.41) is 9.96. The summed E-state index contributed by atoms with van der Waals surface area (Å²) in [5.74, 6) is 1.55. The van der Waals surface area contributed by atoms with Gasteiger partial charge in [-0.2, -0.15) is 0 Å². The fourth-order valence-electron chi connectivity index (χ4n) is 2.01. The van der Waals surface area contributed by atoms with Crippen molar-refractivity contribution in [2.45, 2.75) is 46.5 Å². The van der Waals surface area contributed by atoms with Crippen molar-refractivity contribution in [2.24, 2.45) is 10.9 Å². The molecule has 0 unspecified atom stereocenters. The van der Waals surface area contributed by atoms with Gasteiger partial charge in [-0.3, -0.25) is 4.99 Å². The minimum atomic E-state index is 0.700. The normalized spacial score (nSPS) is 12.0. The lowest BCUT2D eigenvalue weighted by Gasteiger charge is -2.12. The summed E-state index contributed by atoms with van der Waals surface area (Å²) in [7, 11) is 1.80. The number of aliphatic imine (C=N–C) groups is 1. The molecule has 0 saturated heterocycles. The van der Waals surface area contributed by atoms with E-state index in [9.17, 15) is 0 Å². The Morgan fingerprint density at radius 2 is 2.04 bits per heavy atom. The zero-order valence-corrected chi connectivity index (χ0v) is 15.8. The molecule has 0 aliphatic carbocycles. The largest absolute Gasteiger partial charge is 0.380 e. The molecular weight excluding hydrogens is 308 g/mol. The summed E-state index contributed by atoms with van der Waals surface area (Å²) in [6, 6.07) is 0. The van der Waals surface area contributed by atoms with E-state index in [1.54, 1.807) is 18.4 Å². The maximum Gasteiger partial charge on any atom is 0.191 e. The lowest BCUT2D eigenvalue weighted by atomic mass is 10.1. The molecule has 1 aromatic heterocycles. The smallest absolute Gasteiger partial charge is 0.191 e. The molecule has 0 radical (unpaired) electrons. The van der Waals surface area contributed by atoms with E-state index in [-0.39, 0.29) is 0 Å². The number of rotatable bonds is 11. The average molecular weight is 341 g/mol. The van der Waals surface area contributed by atoms with Crippen molar-refractivity contribution in [3.8, 4) is 0 Å². The SMILES string of the molecule is CN=C(NCCCCc1nc(C)cs1)NCCOCCC(C)C. The Morgan fingerprint density at radius 1 is 1.26 bits per heavy atom. The number of aryl methyl sites for hydroxylation is 2. The van der Waals surface area contributed by atoms with Gasteiger partial charge in [0.25, 0.3) is 0 Å². The lowest BCUT2D eigenvalue weighted by Crippen LogP contribution is -2.39. The number of guanidine groups is 1. The van der Waals surface area contributed by atoms with Crippen LogP contribution in [0, 0.1) is 12.8 Å². The minimum absolute atomic E-state index is 0.700. The van der Waals surface area contributed by atoms with Gasteiger partial charge in [0, 0.05) is 37.8 Å². The van der Waals surface area contributed by atoms with Gasteiger partial charge in [0.1, 0.15) is 0 Å². The van der Waals surface area contributed by atoms with Crippen LogP contribution in [0.2, 0.25) is 0 Å². The van der Waals surface area contributed by atoms with Crippen molar-refractivity contribution in [1.29, 1.82) is 0 Å². The van der Waals surface area contributed by atoms with Crippen LogP contribution in [0.25, 0.3) is 0 Å². The highest BCUT2D eigenvalue weighted by molar-refractivity contribution is 7.09. The number of thiazole rings is 1. The van der Waals surface area contributed by atoms with Crippen molar-refractivity contribution >= 4 is 17.3 Å². The van der Waals surface area contributed by atoms with Gasteiger partial charge in [0.15, 0.2) is 5.96 Å². The summed E-state index contributed by atoms with van der Waals surface area (Å²) < 4.78 is 5.58. The van der Waals surface area contributed by atoms with E-state index in [1.165, 1.54) is 5.01 Å². The van der Waals surface area contributed by atoms with E-state index in [1.807, 2.05) is 6.92 Å². The topological polar surface area (TPSA) is 58.5 Å². The fraction of sp³-hybridized carbons (Fsp3) is 0.765. The Balaban J connectivity index is 1.99. The molecule has 132 valence electrons. The molecule has 1 heterocycles. The Hall–Kier alpha value is -1.14. The van der Waals surface area contributed by atoms with Gasteiger partial charge in [-0.1, -0.05) is 13.8 Å². The molecule has 2 N–H and O–H groups in total. The Kier molecular flexibility index (Phi) is 10.6. The monoisotopic (exact) mass is 340 g/mol. The highest BCUT2D eigenvalue weighted by Crippen LogP contribution is 2.11. The molecule has 1 rings (SSSR count). The first-order valence-electron chi connectivity index (χ1n) is 8.55. The van der Waals surface area contributed by atoms with Gasteiger partial charge in [0.2, 0.25) is 0 Å². The molecule has 0 amide bonds. The van der Waals surface area contributed by atoms with Crippen molar-refractivity contribution < 1.29 is 4.74 Å². The number of hydrogen-bond acceptors (Lipinski definition) is 4. The van der Waals surface area contributed by atoms with Gasteiger partial charge >= 0.3 is 0 Å². The van der Waals surface area contributed by atoms with Gasteiger partial charge in [-0.25, -0.2) is 4.98 Å². The van der Waals surface area contributed by atoms with E-state index < -0.39 is 0 Å². The second kappa shape index (κ2) is 12.3. The molecule has 0 aliphatic rings. The standard InChI is InChI=1S/C17H32N4OS/c1-14(2)8-11-22-12-10-20-17(18-4)19-9-6-5-7-16-21-15(3)13-23-16/h13-14H,5-12H2,1-4H3,(H2,18,19,20). The maximum atomic E-state index is 5.58. The molecule has 0 atom stereocenters. The number of nitrogens with one attached hydrogen (secondary N) is 2. The Labute approximate surface area is 145 Å². The molecule has 23 heavy (non-hydrogen) atoms. The second-order valence-electron chi connectivity index (χ2n) is 6.06. The summed E-state index contributed by atoms with van der Waals surface area (Å²) >= 11 is 1.76. The number of unbranched alkanes of at least 4 members (excludes halogenated alkanes) is 1. The van der Waals surface area contributed by atoms with Crippen molar-refractivity contribution in [3.05, 3.63) is 16.1 Å². The Morgan fingerprint density at radius 3 is 2.70 bits per heavy atom. The van der Waals surface area contributed by atoms with E-state index >= 15 is 0 Å². The third-order valence-electron chi connectivity index (χ3n) is 3.38. The second-order valence-corrected chi connectivity index (χ2v) is 7.00. The zero-order chi connectivity index (χ0) is 16.9. The van der Waals surface area contributed by atoms with Crippen LogP contribution in [0.5, 0.6) is 0 Å². The zero-order valence-electron chi connectivity index (χ0n) is 15.0. The van der Waals surface area contributed by atoms with Crippen LogP contribution in [-0.2, 0) is 11.2 Å². The molecule has 0 aromatic carbocycles. The van der Waals surface area contributed by atoms with Gasteiger partial charge < -0.3 is 15.4 Å². The first-order valence-corrected chi connectivity index (χ1v) is 9.43. The number of ether oxygens (including phenoxy) is 1. The van der Waals surface area contributed by atoms with Crippen LogP contribution >= 0.6 is 11.3 Å². The quantitative estimate of drug-likeness (QED) is 0.369. The summed E-state index contributed by atoms with van der Waals surface area (Å²) in [4.78, 5) is 8.71. The number of nitrogens with zero attached hydrogens (tertiary/aromatic N) is 2. The summed E-state index contributed by atoms with van der Waals surface area (Å²) in [6.45, 7) is 9.74. The summed E-state index contributed by atoms with van der Waals surface area (Å²) in [6.07, 6.45) is 4.45. The van der Waals surface area contributed by atoms with Crippen LogP contribution in [0.4, 0.5) is 0 Å². The molecule has 1 aromatic rings. The van der Waals surface area contributed by atoms with Gasteiger partial charge in [-0.05, 0) is 38.5 Å². The van der Waals surface area contributed by atoms with E-state index in [2.05, 4.69) is 39.8 Å². The highest BCUT2D eigenvalue weighted by Gasteiger charge is 2.00. The van der Waals surface area contributed by atoms with Crippen LogP contribution in [0.3, 0.4) is 0 Å². The molecule has 0 aliphatic heterocycles. The molecule has 5 nitrogen and oxygen atoms in total. The average Bonchev–Trinajstić information content (AvgIpc) is 2.93. The fourth-order valence-corrected chi connectivity index (χ4v) is 2.83. The first kappa shape index (κ1) is 19.9. The highest BCUT2D eigenvalue weighted by atomic mass is 32.1. The van der Waals surface area contributed by atoms with E-state index in [0.717, 1.165) is 63.6 Å². The lowest BCUT2D eigenvalue weighted by molar-refractivity contribution is 0.128. The third-order valence-corrected chi connectivity index (χ3v) is 4.40. The van der Waals surface area contributed by atoms with Gasteiger partial charge in [-0.15, -0.1) is 11.3 Å². The maximum absolute atomic E-state index is 5.58. The third kappa shape index (κ3) is 10.3. The van der Waals surface area contributed by atoms with Crippen molar-refractivity contribution in [2.75, 3.05) is 33.4 Å². The van der Waals surface area contributed by atoms with Crippen molar-refractivity contribution in [3.63, 3.8) is 0 Å². The predicted molar refractivity (Wildman–Crippen MR) is 99.4 cm³/mol. The molecular formula is C17H32N4OS. The van der Waals surface area contributed by atoms with E-state index in [4.69, 9.17) is 4.74 Å². The van der Waals surface area contributed by atoms with Crippen LogP contribution in [0.15, 0.2) is 10.4 Å². The molecule has 0 spiro atoms. The molecule has 6 heteroatoms. The van der Waals surface area contributed by atoms with Crippen LogP contribution in [0.1, 0.15) is 43.8 Å². The number of aromatic nitrogens is 1. The molecule has 0 bridgehead atoms. The predicted octanol–water partition coefficient (Wildman–Crippen LogP) is 3.00.